The number of nitrogens with two attached hydrogens (primary N) is 1. The zero-order chi connectivity index (χ0) is 9.72. The quantitative estimate of drug-likeness (QED) is 0.541. The predicted molar refractivity (Wildman–Crippen MR) is 41.6 cm³/mol. The van der Waals surface area contributed by atoms with Crippen molar-refractivity contribution in [1.29, 1.82) is 0 Å². The third kappa shape index (κ3) is 3.34. The van der Waals surface area contributed by atoms with Crippen molar-refractivity contribution in [2.75, 3.05) is 0 Å². The molecule has 70 valence electrons. The van der Waals surface area contributed by atoms with Crippen LogP contribution in [0.5, 0.6) is 0 Å². The third-order valence-corrected chi connectivity index (χ3v) is 1.75. The molecule has 12 heavy (non-hydrogen) atoms. The number of carboxylic acids is 2. The minimum atomic E-state index is -1.15. The van der Waals surface area contributed by atoms with E-state index in [1.807, 2.05) is 0 Å². The van der Waals surface area contributed by atoms with Crippen molar-refractivity contribution in [3.63, 3.8) is 0 Å². The average Bonchev–Trinajstić information content (AvgIpc) is 1.98. The van der Waals surface area contributed by atoms with Gasteiger partial charge in [0.15, 0.2) is 0 Å². The lowest BCUT2D eigenvalue weighted by Crippen LogP contribution is -2.38. The molecular formula is C7H13NO4. The number of aliphatic carboxylic acids is 2. The van der Waals surface area contributed by atoms with Gasteiger partial charge in [-0.3, -0.25) is 9.59 Å². The van der Waals surface area contributed by atoms with E-state index in [1.54, 1.807) is 6.92 Å². The minimum absolute atomic E-state index is 0.191. The van der Waals surface area contributed by atoms with Crippen molar-refractivity contribution in [3.8, 4) is 0 Å². The largest absolute Gasteiger partial charge is 0.481 e. The molecule has 0 spiro atoms. The van der Waals surface area contributed by atoms with Crippen LogP contribution in [0.4, 0.5) is 0 Å². The van der Waals surface area contributed by atoms with Crippen LogP contribution in [0.15, 0.2) is 0 Å². The summed E-state index contributed by atoms with van der Waals surface area (Å²) in [5.74, 6) is -2.65. The van der Waals surface area contributed by atoms with Crippen LogP contribution in [-0.2, 0) is 9.59 Å². The van der Waals surface area contributed by atoms with E-state index in [-0.39, 0.29) is 6.42 Å². The summed E-state index contributed by atoms with van der Waals surface area (Å²) < 4.78 is 0. The van der Waals surface area contributed by atoms with Crippen molar-refractivity contribution >= 4 is 11.9 Å². The summed E-state index contributed by atoms with van der Waals surface area (Å²) in [6.45, 7) is 1.72. The van der Waals surface area contributed by atoms with Gasteiger partial charge in [-0.25, -0.2) is 0 Å². The number of hydrogen-bond donors (Lipinski definition) is 3. The van der Waals surface area contributed by atoms with Gasteiger partial charge in [0.1, 0.15) is 6.04 Å². The first-order valence-electron chi connectivity index (χ1n) is 3.69. The molecule has 0 fully saturated rings. The Hall–Kier alpha value is -1.10. The molecule has 2 atom stereocenters. The van der Waals surface area contributed by atoms with Gasteiger partial charge >= 0.3 is 11.9 Å². The van der Waals surface area contributed by atoms with Gasteiger partial charge < -0.3 is 15.9 Å². The maximum Gasteiger partial charge on any atom is 0.320 e. The second kappa shape index (κ2) is 4.71. The van der Waals surface area contributed by atoms with E-state index in [4.69, 9.17) is 15.9 Å². The molecular weight excluding hydrogens is 162 g/mol. The minimum Gasteiger partial charge on any atom is -0.481 e. The Balaban J connectivity index is 4.14. The Bertz CT molecular complexity index is 180. The van der Waals surface area contributed by atoms with Gasteiger partial charge in [0.05, 0.1) is 6.42 Å². The lowest BCUT2D eigenvalue weighted by Gasteiger charge is -2.16. The van der Waals surface area contributed by atoms with Gasteiger partial charge in [0.2, 0.25) is 0 Å². The molecule has 2 unspecified atom stereocenters. The number of carboxylic acid groups (broad SMARTS) is 2. The number of hydrogen-bond acceptors (Lipinski definition) is 3. The normalized spacial score (nSPS) is 15.2. The first-order valence-corrected chi connectivity index (χ1v) is 3.69. The average molecular weight is 175 g/mol. The fourth-order valence-electron chi connectivity index (χ4n) is 0.951. The Kier molecular flexibility index (Phi) is 4.28. The van der Waals surface area contributed by atoms with Crippen LogP contribution in [0.1, 0.15) is 19.8 Å². The molecule has 0 rings (SSSR count). The van der Waals surface area contributed by atoms with Crippen LogP contribution in [0.2, 0.25) is 0 Å². The van der Waals surface area contributed by atoms with Crippen molar-refractivity contribution in [1.82, 2.24) is 0 Å². The molecule has 0 aromatic carbocycles. The molecule has 0 heterocycles. The second-order valence-electron chi connectivity index (χ2n) is 2.63. The second-order valence-corrected chi connectivity index (χ2v) is 2.63. The van der Waals surface area contributed by atoms with Gasteiger partial charge in [0.25, 0.3) is 0 Å². The van der Waals surface area contributed by atoms with Crippen LogP contribution in [0, 0.1) is 5.92 Å². The van der Waals surface area contributed by atoms with E-state index in [0.717, 1.165) is 0 Å². The summed E-state index contributed by atoms with van der Waals surface area (Å²) in [5.41, 5.74) is 5.26. The van der Waals surface area contributed by atoms with Crippen LogP contribution < -0.4 is 5.73 Å². The third-order valence-electron chi connectivity index (χ3n) is 1.75. The van der Waals surface area contributed by atoms with Crippen molar-refractivity contribution in [3.05, 3.63) is 0 Å². The fraction of sp³-hybridized carbons (Fsp3) is 0.714. The zero-order valence-electron chi connectivity index (χ0n) is 6.86. The van der Waals surface area contributed by atoms with Gasteiger partial charge in [0, 0.05) is 0 Å². The first kappa shape index (κ1) is 10.9. The van der Waals surface area contributed by atoms with Gasteiger partial charge in [-0.05, 0) is 5.92 Å². The van der Waals surface area contributed by atoms with Crippen molar-refractivity contribution in [2.24, 2.45) is 11.7 Å². The van der Waals surface area contributed by atoms with E-state index in [2.05, 4.69) is 0 Å². The highest BCUT2D eigenvalue weighted by atomic mass is 16.4. The number of rotatable bonds is 5. The summed E-state index contributed by atoms with van der Waals surface area (Å²) in [7, 11) is 0. The molecule has 4 N–H and O–H groups in total. The Morgan fingerprint density at radius 1 is 1.42 bits per heavy atom. The molecule has 0 aromatic heterocycles. The van der Waals surface area contributed by atoms with Crippen molar-refractivity contribution in [2.45, 2.75) is 25.8 Å². The standard InChI is InChI=1S/C7H13NO4/c1-2-4(3-5(9)10)6(8)7(11)12/h4,6H,2-3,8H2,1H3,(H,9,10)(H,11,12). The van der Waals surface area contributed by atoms with Gasteiger partial charge in [-0.2, -0.15) is 0 Å². The molecule has 0 aliphatic heterocycles. The summed E-state index contributed by atoms with van der Waals surface area (Å²) >= 11 is 0. The molecule has 0 amide bonds. The molecule has 0 aliphatic rings. The van der Waals surface area contributed by atoms with Crippen molar-refractivity contribution < 1.29 is 19.8 Å². The SMILES string of the molecule is CCC(CC(=O)O)C(N)C(=O)O. The Labute approximate surface area is 70.2 Å². The molecule has 5 heteroatoms. The predicted octanol–water partition coefficient (Wildman–Crippen LogP) is -0.101. The van der Waals surface area contributed by atoms with Crippen LogP contribution in [0.25, 0.3) is 0 Å². The van der Waals surface area contributed by atoms with E-state index < -0.39 is 23.9 Å². The van der Waals surface area contributed by atoms with Crippen LogP contribution in [-0.4, -0.2) is 28.2 Å². The monoisotopic (exact) mass is 175 g/mol. The Morgan fingerprint density at radius 2 is 1.92 bits per heavy atom. The zero-order valence-corrected chi connectivity index (χ0v) is 6.86. The topological polar surface area (TPSA) is 101 Å². The lowest BCUT2D eigenvalue weighted by molar-refractivity contribution is -0.142. The van der Waals surface area contributed by atoms with E-state index in [1.165, 1.54) is 0 Å². The Morgan fingerprint density at radius 3 is 2.17 bits per heavy atom. The summed E-state index contributed by atoms with van der Waals surface area (Å²) in [6, 6.07) is -1.08. The van der Waals surface area contributed by atoms with E-state index >= 15 is 0 Å². The summed E-state index contributed by atoms with van der Waals surface area (Å²) in [5, 5.41) is 16.9. The van der Waals surface area contributed by atoms with Crippen LogP contribution >= 0.6 is 0 Å². The molecule has 0 radical (unpaired) electrons. The van der Waals surface area contributed by atoms with E-state index in [0.29, 0.717) is 6.42 Å². The molecule has 0 saturated heterocycles. The summed E-state index contributed by atoms with van der Waals surface area (Å²) in [4.78, 5) is 20.6. The highest BCUT2D eigenvalue weighted by molar-refractivity contribution is 5.75. The molecule has 0 saturated carbocycles. The fourth-order valence-corrected chi connectivity index (χ4v) is 0.951. The molecule has 0 aliphatic carbocycles. The van der Waals surface area contributed by atoms with Crippen LogP contribution in [0.3, 0.4) is 0 Å². The highest BCUT2D eigenvalue weighted by Gasteiger charge is 2.24. The maximum atomic E-state index is 10.4. The van der Waals surface area contributed by atoms with Gasteiger partial charge in [-0.15, -0.1) is 0 Å². The number of carbonyl (C=O) groups is 2. The molecule has 5 nitrogen and oxygen atoms in total. The summed E-state index contributed by atoms with van der Waals surface area (Å²) in [6.07, 6.45) is 0.268. The maximum absolute atomic E-state index is 10.4. The molecule has 0 aromatic rings. The first-order chi connectivity index (χ1) is 5.49. The lowest BCUT2D eigenvalue weighted by atomic mass is 9.94. The van der Waals surface area contributed by atoms with Gasteiger partial charge in [-0.1, -0.05) is 13.3 Å². The highest BCUT2D eigenvalue weighted by Crippen LogP contribution is 2.11. The molecule has 0 bridgehead atoms. The van der Waals surface area contributed by atoms with E-state index in [9.17, 15) is 9.59 Å². The smallest absolute Gasteiger partial charge is 0.320 e.